The Morgan fingerprint density at radius 3 is 2.38 bits per heavy atom. The Hall–Kier alpha value is -0.690. The lowest BCUT2D eigenvalue weighted by Gasteiger charge is -2.15. The van der Waals surface area contributed by atoms with Crippen molar-refractivity contribution in [2.45, 2.75) is 38.6 Å². The quantitative estimate of drug-likeness (QED) is 0.840. The van der Waals surface area contributed by atoms with E-state index in [1.807, 2.05) is 33.8 Å². The minimum atomic E-state index is -3.52. The van der Waals surface area contributed by atoms with Gasteiger partial charge in [0.25, 0.3) is 0 Å². The lowest BCUT2D eigenvalue weighted by Crippen LogP contribution is -2.27. The van der Waals surface area contributed by atoms with Gasteiger partial charge in [0.15, 0.2) is 0 Å². The van der Waals surface area contributed by atoms with Gasteiger partial charge in [-0.1, -0.05) is 15.9 Å². The van der Waals surface area contributed by atoms with Crippen molar-refractivity contribution in [3.8, 4) is 0 Å². The second kappa shape index (κ2) is 6.20. The van der Waals surface area contributed by atoms with E-state index in [0.29, 0.717) is 4.90 Å². The summed E-state index contributed by atoms with van der Waals surface area (Å²) in [6.45, 7) is 7.79. The summed E-state index contributed by atoms with van der Waals surface area (Å²) < 4.78 is 28.6. The first-order valence-electron chi connectivity index (χ1n) is 6.56. The monoisotopic (exact) mass is 387 g/mol. The van der Waals surface area contributed by atoms with Crippen LogP contribution in [0.2, 0.25) is 0 Å². The molecule has 0 fully saturated rings. The highest BCUT2D eigenvalue weighted by atomic mass is 79.9. The molecule has 1 aromatic heterocycles. The minimum Gasteiger partial charge on any atom is -0.207 e. The molecule has 21 heavy (non-hydrogen) atoms. The molecule has 1 heterocycles. The lowest BCUT2D eigenvalue weighted by molar-refractivity contribution is 0.566. The van der Waals surface area contributed by atoms with Crippen LogP contribution < -0.4 is 4.72 Å². The van der Waals surface area contributed by atoms with Gasteiger partial charge in [-0.05, 0) is 63.1 Å². The van der Waals surface area contributed by atoms with Gasteiger partial charge in [0.2, 0.25) is 10.0 Å². The molecule has 114 valence electrons. The second-order valence-corrected chi connectivity index (χ2v) is 9.15. The molecule has 0 saturated heterocycles. The zero-order valence-electron chi connectivity index (χ0n) is 12.4. The van der Waals surface area contributed by atoms with Gasteiger partial charge in [0, 0.05) is 20.3 Å². The van der Waals surface area contributed by atoms with E-state index in [4.69, 9.17) is 0 Å². The van der Waals surface area contributed by atoms with Crippen LogP contribution in [-0.2, 0) is 10.0 Å². The Labute approximate surface area is 138 Å². The highest BCUT2D eigenvalue weighted by Gasteiger charge is 2.20. The summed E-state index contributed by atoms with van der Waals surface area (Å²) in [6, 6.07) is 6.83. The molecule has 2 rings (SSSR count). The predicted molar refractivity (Wildman–Crippen MR) is 91.4 cm³/mol. The Morgan fingerprint density at radius 1 is 1.19 bits per heavy atom. The van der Waals surface area contributed by atoms with Crippen molar-refractivity contribution in [3.05, 3.63) is 49.6 Å². The third-order valence-electron chi connectivity index (χ3n) is 3.32. The average molecular weight is 388 g/mol. The maximum Gasteiger partial charge on any atom is 0.241 e. The Kier molecular flexibility index (Phi) is 4.92. The smallest absolute Gasteiger partial charge is 0.207 e. The van der Waals surface area contributed by atoms with Crippen molar-refractivity contribution in [1.29, 1.82) is 0 Å². The summed E-state index contributed by atoms with van der Waals surface area (Å²) in [6.07, 6.45) is 0. The topological polar surface area (TPSA) is 46.2 Å². The molecule has 0 radical (unpaired) electrons. The zero-order chi connectivity index (χ0) is 15.8. The van der Waals surface area contributed by atoms with E-state index in [2.05, 4.69) is 20.7 Å². The molecular formula is C15H18BrNO2S2. The van der Waals surface area contributed by atoms with Crippen LogP contribution in [0, 0.1) is 20.8 Å². The summed E-state index contributed by atoms with van der Waals surface area (Å²) in [4.78, 5) is 2.63. The van der Waals surface area contributed by atoms with Crippen molar-refractivity contribution >= 4 is 37.3 Å². The van der Waals surface area contributed by atoms with Crippen molar-refractivity contribution in [2.24, 2.45) is 0 Å². The third-order valence-corrected chi connectivity index (χ3v) is 6.73. The number of benzene rings is 1. The van der Waals surface area contributed by atoms with Gasteiger partial charge >= 0.3 is 0 Å². The largest absolute Gasteiger partial charge is 0.241 e. The molecule has 0 aliphatic rings. The lowest BCUT2D eigenvalue weighted by atomic mass is 10.1. The molecule has 0 saturated carbocycles. The summed E-state index contributed by atoms with van der Waals surface area (Å²) in [5, 5.41) is 0. The van der Waals surface area contributed by atoms with E-state index in [9.17, 15) is 8.42 Å². The number of aryl methyl sites for hydroxylation is 3. The molecule has 1 unspecified atom stereocenters. The number of rotatable bonds is 4. The van der Waals surface area contributed by atoms with Gasteiger partial charge in [-0.15, -0.1) is 11.3 Å². The van der Waals surface area contributed by atoms with Crippen molar-refractivity contribution in [2.75, 3.05) is 0 Å². The molecule has 6 heteroatoms. The highest BCUT2D eigenvalue weighted by molar-refractivity contribution is 9.10. The normalized spacial score (nSPS) is 13.4. The summed E-state index contributed by atoms with van der Waals surface area (Å²) in [7, 11) is -3.52. The van der Waals surface area contributed by atoms with Gasteiger partial charge in [0.05, 0.1) is 4.90 Å². The number of thiophene rings is 1. The first-order chi connectivity index (χ1) is 9.70. The first kappa shape index (κ1) is 16.7. The van der Waals surface area contributed by atoms with Crippen molar-refractivity contribution in [3.63, 3.8) is 0 Å². The van der Waals surface area contributed by atoms with Crippen LogP contribution in [0.3, 0.4) is 0 Å². The van der Waals surface area contributed by atoms with Crippen molar-refractivity contribution < 1.29 is 8.42 Å². The van der Waals surface area contributed by atoms with E-state index in [-0.39, 0.29) is 6.04 Å². The molecule has 3 nitrogen and oxygen atoms in total. The zero-order valence-corrected chi connectivity index (χ0v) is 15.6. The van der Waals surface area contributed by atoms with Crippen LogP contribution in [0.1, 0.15) is 33.8 Å². The van der Waals surface area contributed by atoms with E-state index >= 15 is 0 Å². The summed E-state index contributed by atoms with van der Waals surface area (Å²) >= 11 is 5.06. The van der Waals surface area contributed by atoms with Crippen LogP contribution in [0.25, 0.3) is 0 Å². The molecule has 0 bridgehead atoms. The molecule has 0 amide bonds. The Bertz CT molecular complexity index is 766. The van der Waals surface area contributed by atoms with E-state index in [0.717, 1.165) is 20.5 Å². The van der Waals surface area contributed by atoms with Gasteiger partial charge < -0.3 is 0 Å². The fourth-order valence-electron chi connectivity index (χ4n) is 2.23. The molecule has 1 atom stereocenters. The average Bonchev–Trinajstić information content (AvgIpc) is 2.71. The van der Waals surface area contributed by atoms with E-state index < -0.39 is 10.0 Å². The molecule has 1 aromatic carbocycles. The van der Waals surface area contributed by atoms with E-state index in [1.54, 1.807) is 29.5 Å². The Balaban J connectivity index is 2.28. The third kappa shape index (κ3) is 3.74. The maximum absolute atomic E-state index is 12.5. The fraction of sp³-hybridized carbons (Fsp3) is 0.333. The van der Waals surface area contributed by atoms with Crippen LogP contribution >= 0.6 is 27.3 Å². The minimum absolute atomic E-state index is 0.246. The number of hydrogen-bond donors (Lipinski definition) is 1. The number of sulfonamides is 1. The maximum atomic E-state index is 12.5. The van der Waals surface area contributed by atoms with Gasteiger partial charge in [-0.25, -0.2) is 13.1 Å². The van der Waals surface area contributed by atoms with Crippen LogP contribution in [0.15, 0.2) is 33.6 Å². The molecule has 0 aliphatic heterocycles. The Morgan fingerprint density at radius 2 is 1.86 bits per heavy atom. The standard InChI is InChI=1S/C15H18BrNO2S2/c1-9-7-13(5-6-15(9)16)21(18,19)17-11(3)14-8-10(2)20-12(14)4/h5-8,11,17H,1-4H3. The molecule has 2 aromatic rings. The molecule has 0 aliphatic carbocycles. The SMILES string of the molecule is Cc1cc(C(C)NS(=O)(=O)c2ccc(Br)c(C)c2)c(C)s1. The fourth-order valence-corrected chi connectivity index (χ4v) is 4.81. The van der Waals surface area contributed by atoms with Crippen LogP contribution in [0.4, 0.5) is 0 Å². The number of nitrogens with one attached hydrogen (secondary N) is 1. The second-order valence-electron chi connectivity index (χ2n) is 5.12. The van der Waals surface area contributed by atoms with Crippen LogP contribution in [-0.4, -0.2) is 8.42 Å². The van der Waals surface area contributed by atoms with Gasteiger partial charge in [0.1, 0.15) is 0 Å². The molecule has 1 N–H and O–H groups in total. The highest BCUT2D eigenvalue weighted by Crippen LogP contribution is 2.28. The van der Waals surface area contributed by atoms with Gasteiger partial charge in [-0.2, -0.15) is 0 Å². The predicted octanol–water partition coefficient (Wildman–Crippen LogP) is 4.48. The van der Waals surface area contributed by atoms with Crippen molar-refractivity contribution in [1.82, 2.24) is 4.72 Å². The molecule has 0 spiro atoms. The first-order valence-corrected chi connectivity index (χ1v) is 9.65. The number of halogens is 1. The van der Waals surface area contributed by atoms with Crippen LogP contribution in [0.5, 0.6) is 0 Å². The summed E-state index contributed by atoms with van der Waals surface area (Å²) in [5.74, 6) is 0. The molecular weight excluding hydrogens is 370 g/mol. The number of hydrogen-bond acceptors (Lipinski definition) is 3. The summed E-state index contributed by atoms with van der Waals surface area (Å²) in [5.41, 5.74) is 1.93. The van der Waals surface area contributed by atoms with E-state index in [1.165, 1.54) is 4.88 Å². The van der Waals surface area contributed by atoms with Gasteiger partial charge in [-0.3, -0.25) is 0 Å².